The molecular weight excluding hydrogens is 280 g/mol. The third-order valence-electron chi connectivity index (χ3n) is 3.55. The molecule has 122 valence electrons. The molecule has 0 fully saturated rings. The standard InChI is InChI=1S/C17H26N2O3/c1-4-7-15(17(21)22)18-16(20)13-8-10-14(11-9-13)19(6-3)12-5-2/h8-11,15H,4-7,12H2,1-3H3,(H,18,20)(H,21,22). The summed E-state index contributed by atoms with van der Waals surface area (Å²) in [6.45, 7) is 8.00. The van der Waals surface area contributed by atoms with Crippen LogP contribution in [0.2, 0.25) is 0 Å². The number of aliphatic carboxylic acids is 1. The van der Waals surface area contributed by atoms with E-state index in [0.717, 1.165) is 25.2 Å². The molecule has 5 nitrogen and oxygen atoms in total. The largest absolute Gasteiger partial charge is 0.480 e. The van der Waals surface area contributed by atoms with Crippen molar-refractivity contribution in [3.05, 3.63) is 29.8 Å². The lowest BCUT2D eigenvalue weighted by atomic mass is 10.1. The summed E-state index contributed by atoms with van der Waals surface area (Å²) in [6, 6.07) is 6.47. The van der Waals surface area contributed by atoms with Gasteiger partial charge in [-0.05, 0) is 44.0 Å². The molecule has 2 N–H and O–H groups in total. The van der Waals surface area contributed by atoms with Crippen LogP contribution in [0.25, 0.3) is 0 Å². The Balaban J connectivity index is 2.76. The first-order valence-electron chi connectivity index (χ1n) is 7.92. The number of rotatable bonds is 9. The van der Waals surface area contributed by atoms with E-state index in [1.54, 1.807) is 12.1 Å². The van der Waals surface area contributed by atoms with Gasteiger partial charge in [0.1, 0.15) is 6.04 Å². The summed E-state index contributed by atoms with van der Waals surface area (Å²) in [6.07, 6.45) is 2.20. The van der Waals surface area contributed by atoms with Gasteiger partial charge in [0.15, 0.2) is 0 Å². The van der Waals surface area contributed by atoms with Crippen LogP contribution in [-0.4, -0.2) is 36.1 Å². The van der Waals surface area contributed by atoms with Crippen molar-refractivity contribution in [2.45, 2.75) is 46.1 Å². The molecule has 0 aliphatic rings. The highest BCUT2D eigenvalue weighted by Crippen LogP contribution is 2.15. The smallest absolute Gasteiger partial charge is 0.326 e. The molecule has 1 rings (SSSR count). The number of anilines is 1. The normalized spacial score (nSPS) is 11.8. The van der Waals surface area contributed by atoms with Crippen molar-refractivity contribution in [1.82, 2.24) is 5.32 Å². The van der Waals surface area contributed by atoms with E-state index in [-0.39, 0.29) is 5.91 Å². The maximum absolute atomic E-state index is 12.1. The summed E-state index contributed by atoms with van der Waals surface area (Å²) < 4.78 is 0. The second kappa shape index (κ2) is 9.07. The number of hydrogen-bond donors (Lipinski definition) is 2. The molecule has 0 aliphatic heterocycles. The van der Waals surface area contributed by atoms with Crippen molar-refractivity contribution < 1.29 is 14.7 Å². The molecule has 0 heterocycles. The van der Waals surface area contributed by atoms with E-state index >= 15 is 0 Å². The molecule has 0 spiro atoms. The van der Waals surface area contributed by atoms with Crippen LogP contribution in [0.4, 0.5) is 5.69 Å². The molecule has 0 aromatic heterocycles. The van der Waals surface area contributed by atoms with Crippen LogP contribution in [0.3, 0.4) is 0 Å². The van der Waals surface area contributed by atoms with Gasteiger partial charge in [-0.25, -0.2) is 4.79 Å². The van der Waals surface area contributed by atoms with Crippen molar-refractivity contribution in [2.75, 3.05) is 18.0 Å². The molecule has 22 heavy (non-hydrogen) atoms. The van der Waals surface area contributed by atoms with Gasteiger partial charge >= 0.3 is 5.97 Å². The van der Waals surface area contributed by atoms with Crippen LogP contribution in [0.5, 0.6) is 0 Å². The minimum atomic E-state index is -0.994. The van der Waals surface area contributed by atoms with Gasteiger partial charge < -0.3 is 15.3 Å². The molecule has 1 atom stereocenters. The second-order valence-corrected chi connectivity index (χ2v) is 5.28. The number of benzene rings is 1. The Bertz CT molecular complexity index is 485. The highest BCUT2D eigenvalue weighted by molar-refractivity contribution is 5.96. The monoisotopic (exact) mass is 306 g/mol. The molecule has 0 aliphatic carbocycles. The Morgan fingerprint density at radius 3 is 2.23 bits per heavy atom. The van der Waals surface area contributed by atoms with Crippen LogP contribution in [0, 0.1) is 0 Å². The third-order valence-corrected chi connectivity index (χ3v) is 3.55. The summed E-state index contributed by atoms with van der Waals surface area (Å²) in [5.74, 6) is -1.34. The van der Waals surface area contributed by atoms with Gasteiger partial charge in [0.25, 0.3) is 5.91 Å². The zero-order valence-corrected chi connectivity index (χ0v) is 13.6. The molecule has 1 unspecified atom stereocenters. The lowest BCUT2D eigenvalue weighted by Gasteiger charge is -2.22. The number of carbonyl (C=O) groups is 2. The highest BCUT2D eigenvalue weighted by Gasteiger charge is 2.19. The average Bonchev–Trinajstić information content (AvgIpc) is 2.52. The Labute approximate surface area is 132 Å². The highest BCUT2D eigenvalue weighted by atomic mass is 16.4. The van der Waals surface area contributed by atoms with E-state index in [9.17, 15) is 9.59 Å². The molecule has 0 radical (unpaired) electrons. The Kier molecular flexibility index (Phi) is 7.43. The van der Waals surface area contributed by atoms with Crippen molar-refractivity contribution >= 4 is 17.6 Å². The maximum Gasteiger partial charge on any atom is 0.326 e. The van der Waals surface area contributed by atoms with Crippen LogP contribution >= 0.6 is 0 Å². The maximum atomic E-state index is 12.1. The van der Waals surface area contributed by atoms with Gasteiger partial charge in [0.05, 0.1) is 0 Å². The first kappa shape index (κ1) is 18.0. The number of hydrogen-bond acceptors (Lipinski definition) is 3. The fourth-order valence-corrected chi connectivity index (χ4v) is 2.35. The zero-order chi connectivity index (χ0) is 16.5. The SMILES string of the molecule is CCCC(NC(=O)c1ccc(N(CC)CCC)cc1)C(=O)O. The molecule has 1 amide bonds. The van der Waals surface area contributed by atoms with Gasteiger partial charge in [-0.3, -0.25) is 4.79 Å². The van der Waals surface area contributed by atoms with E-state index in [1.807, 2.05) is 19.1 Å². The van der Waals surface area contributed by atoms with Crippen molar-refractivity contribution in [3.63, 3.8) is 0 Å². The number of carboxylic acid groups (broad SMARTS) is 1. The van der Waals surface area contributed by atoms with Crippen LogP contribution in [0.15, 0.2) is 24.3 Å². The van der Waals surface area contributed by atoms with Crippen LogP contribution in [-0.2, 0) is 4.79 Å². The van der Waals surface area contributed by atoms with Crippen molar-refractivity contribution in [3.8, 4) is 0 Å². The van der Waals surface area contributed by atoms with Crippen molar-refractivity contribution in [1.29, 1.82) is 0 Å². The average molecular weight is 306 g/mol. The number of carboxylic acids is 1. The number of carbonyl (C=O) groups excluding carboxylic acids is 1. The van der Waals surface area contributed by atoms with Gasteiger partial charge in [0, 0.05) is 24.3 Å². The first-order valence-corrected chi connectivity index (χ1v) is 7.92. The minimum absolute atomic E-state index is 0.342. The van der Waals surface area contributed by atoms with E-state index < -0.39 is 12.0 Å². The van der Waals surface area contributed by atoms with Gasteiger partial charge in [-0.1, -0.05) is 20.3 Å². The van der Waals surface area contributed by atoms with Gasteiger partial charge in [-0.15, -0.1) is 0 Å². The predicted molar refractivity (Wildman–Crippen MR) is 88.4 cm³/mol. The summed E-state index contributed by atoms with van der Waals surface area (Å²) in [7, 11) is 0. The zero-order valence-electron chi connectivity index (χ0n) is 13.6. The topological polar surface area (TPSA) is 69.6 Å². The van der Waals surface area contributed by atoms with Gasteiger partial charge in [0.2, 0.25) is 0 Å². The lowest BCUT2D eigenvalue weighted by molar-refractivity contribution is -0.139. The summed E-state index contributed by atoms with van der Waals surface area (Å²) in [5, 5.41) is 11.7. The molecular formula is C17H26N2O3. The Morgan fingerprint density at radius 2 is 1.77 bits per heavy atom. The summed E-state index contributed by atoms with van der Waals surface area (Å²) >= 11 is 0. The third kappa shape index (κ3) is 5.06. The first-order chi connectivity index (χ1) is 10.5. The van der Waals surface area contributed by atoms with E-state index in [1.165, 1.54) is 0 Å². The van der Waals surface area contributed by atoms with E-state index in [2.05, 4.69) is 24.1 Å². The summed E-state index contributed by atoms with van der Waals surface area (Å²) in [5.41, 5.74) is 1.56. The number of amides is 1. The Morgan fingerprint density at radius 1 is 1.14 bits per heavy atom. The van der Waals surface area contributed by atoms with Crippen LogP contribution in [0.1, 0.15) is 50.4 Å². The number of nitrogens with zero attached hydrogens (tertiary/aromatic N) is 1. The fourth-order valence-electron chi connectivity index (χ4n) is 2.35. The molecule has 0 bridgehead atoms. The second-order valence-electron chi connectivity index (χ2n) is 5.28. The quantitative estimate of drug-likeness (QED) is 0.736. The predicted octanol–water partition coefficient (Wildman–Crippen LogP) is 2.91. The molecule has 5 heteroatoms. The van der Waals surface area contributed by atoms with E-state index in [0.29, 0.717) is 18.4 Å². The molecule has 0 saturated heterocycles. The van der Waals surface area contributed by atoms with E-state index in [4.69, 9.17) is 5.11 Å². The van der Waals surface area contributed by atoms with Crippen molar-refractivity contribution in [2.24, 2.45) is 0 Å². The molecule has 1 aromatic rings. The Hall–Kier alpha value is -2.04. The summed E-state index contributed by atoms with van der Waals surface area (Å²) in [4.78, 5) is 25.4. The minimum Gasteiger partial charge on any atom is -0.480 e. The van der Waals surface area contributed by atoms with Gasteiger partial charge in [-0.2, -0.15) is 0 Å². The fraction of sp³-hybridized carbons (Fsp3) is 0.529. The van der Waals surface area contributed by atoms with Crippen LogP contribution < -0.4 is 10.2 Å². The molecule has 0 saturated carbocycles. The molecule has 1 aromatic carbocycles. The lowest BCUT2D eigenvalue weighted by Crippen LogP contribution is -2.40. The number of nitrogens with one attached hydrogen (secondary N) is 1.